The topological polar surface area (TPSA) is 97.3 Å². The van der Waals surface area contributed by atoms with Crippen molar-refractivity contribution in [2.24, 2.45) is 0 Å². The van der Waals surface area contributed by atoms with E-state index in [1.54, 1.807) is 50.6 Å². The molecule has 4 rings (SSSR count). The van der Waals surface area contributed by atoms with Crippen LogP contribution >= 0.6 is 0 Å². The molecule has 2 heterocycles. The molecule has 2 aromatic carbocycles. The van der Waals surface area contributed by atoms with Gasteiger partial charge in [-0.2, -0.15) is 0 Å². The Bertz CT molecular complexity index is 1180. The standard InChI is InChI=1S/2C11H10O4/c2*1-13-9-5-7-3-4-11(12)15-8(7)6-10(9)14-2/h2*3-6H,1-2H3. The first-order valence-corrected chi connectivity index (χ1v) is 8.81. The van der Waals surface area contributed by atoms with Gasteiger partial charge in [0.25, 0.3) is 0 Å². The molecule has 0 unspecified atom stereocenters. The zero-order chi connectivity index (χ0) is 21.7. The lowest BCUT2D eigenvalue weighted by molar-refractivity contribution is 0.355. The predicted molar refractivity (Wildman–Crippen MR) is 111 cm³/mol. The molecule has 30 heavy (non-hydrogen) atoms. The molecule has 8 nitrogen and oxygen atoms in total. The fraction of sp³-hybridized carbons (Fsp3) is 0.182. The Morgan fingerprint density at radius 3 is 1.20 bits per heavy atom. The van der Waals surface area contributed by atoms with Crippen LogP contribution in [-0.4, -0.2) is 28.4 Å². The van der Waals surface area contributed by atoms with E-state index in [0.29, 0.717) is 34.2 Å². The Balaban J connectivity index is 0.000000171. The van der Waals surface area contributed by atoms with Crippen molar-refractivity contribution >= 4 is 21.9 Å². The molecule has 0 aliphatic rings. The zero-order valence-corrected chi connectivity index (χ0v) is 16.9. The Labute approximate surface area is 171 Å². The summed E-state index contributed by atoms with van der Waals surface area (Å²) < 4.78 is 30.5. The molecule has 2 aromatic heterocycles. The van der Waals surface area contributed by atoms with Crippen LogP contribution in [0.2, 0.25) is 0 Å². The van der Waals surface area contributed by atoms with Gasteiger partial charge in [-0.1, -0.05) is 0 Å². The summed E-state index contributed by atoms with van der Waals surface area (Å²) in [5, 5.41) is 1.60. The first-order chi connectivity index (χ1) is 14.5. The maximum atomic E-state index is 11.0. The minimum atomic E-state index is -0.380. The Hall–Kier alpha value is -3.94. The molecule has 0 bridgehead atoms. The smallest absolute Gasteiger partial charge is 0.336 e. The van der Waals surface area contributed by atoms with Gasteiger partial charge in [-0.25, -0.2) is 9.59 Å². The monoisotopic (exact) mass is 412 g/mol. The number of methoxy groups -OCH3 is 4. The van der Waals surface area contributed by atoms with E-state index in [-0.39, 0.29) is 11.3 Å². The highest BCUT2D eigenvalue weighted by molar-refractivity contribution is 5.81. The highest BCUT2D eigenvalue weighted by Crippen LogP contribution is 2.32. The Morgan fingerprint density at radius 2 is 0.867 bits per heavy atom. The molecule has 156 valence electrons. The summed E-state index contributed by atoms with van der Waals surface area (Å²) in [5.41, 5.74) is 0.213. The number of hydrogen-bond donors (Lipinski definition) is 0. The minimum Gasteiger partial charge on any atom is -0.493 e. The second kappa shape index (κ2) is 9.04. The van der Waals surface area contributed by atoms with E-state index in [2.05, 4.69) is 0 Å². The molecule has 0 radical (unpaired) electrons. The third kappa shape index (κ3) is 4.38. The normalized spacial score (nSPS) is 10.3. The zero-order valence-electron chi connectivity index (χ0n) is 16.9. The molecule has 4 aromatic rings. The molecular weight excluding hydrogens is 392 g/mol. The predicted octanol–water partition coefficient (Wildman–Crippen LogP) is 3.62. The molecule has 0 N–H and O–H groups in total. The van der Waals surface area contributed by atoms with Gasteiger partial charge >= 0.3 is 11.3 Å². The first kappa shape index (κ1) is 20.8. The summed E-state index contributed by atoms with van der Waals surface area (Å²) in [6.45, 7) is 0. The van der Waals surface area contributed by atoms with E-state index in [4.69, 9.17) is 27.8 Å². The molecule has 0 amide bonds. The summed E-state index contributed by atoms with van der Waals surface area (Å²) in [4.78, 5) is 22.0. The second-order valence-electron chi connectivity index (χ2n) is 6.00. The Morgan fingerprint density at radius 1 is 0.533 bits per heavy atom. The number of ether oxygens (including phenoxy) is 4. The number of benzene rings is 2. The molecule has 0 saturated heterocycles. The van der Waals surface area contributed by atoms with Gasteiger partial charge in [0.15, 0.2) is 23.0 Å². The number of rotatable bonds is 4. The molecule has 0 aliphatic carbocycles. The van der Waals surface area contributed by atoms with E-state index in [9.17, 15) is 9.59 Å². The average molecular weight is 412 g/mol. The fourth-order valence-electron chi connectivity index (χ4n) is 2.79. The van der Waals surface area contributed by atoms with Crippen molar-refractivity contribution in [1.29, 1.82) is 0 Å². The third-order valence-corrected chi connectivity index (χ3v) is 4.25. The van der Waals surface area contributed by atoms with Crippen molar-refractivity contribution in [3.63, 3.8) is 0 Å². The van der Waals surface area contributed by atoms with Gasteiger partial charge in [0.1, 0.15) is 11.2 Å². The fourth-order valence-corrected chi connectivity index (χ4v) is 2.79. The quantitative estimate of drug-likeness (QED) is 0.469. The van der Waals surface area contributed by atoms with Crippen molar-refractivity contribution in [2.45, 2.75) is 0 Å². The SMILES string of the molecule is COc1cc2ccc(=O)oc2cc1OC.COc1cc2ccc(=O)oc2cc1OC. The van der Waals surface area contributed by atoms with E-state index in [1.165, 1.54) is 26.4 Å². The largest absolute Gasteiger partial charge is 0.493 e. The van der Waals surface area contributed by atoms with Crippen LogP contribution in [-0.2, 0) is 0 Å². The highest BCUT2D eigenvalue weighted by Gasteiger charge is 2.08. The van der Waals surface area contributed by atoms with E-state index < -0.39 is 0 Å². The summed E-state index contributed by atoms with van der Waals surface area (Å²) in [7, 11) is 6.18. The number of fused-ring (bicyclic) bond motifs is 2. The van der Waals surface area contributed by atoms with E-state index >= 15 is 0 Å². The maximum absolute atomic E-state index is 11.0. The summed E-state index contributed by atoms with van der Waals surface area (Å²) in [6.07, 6.45) is 0. The van der Waals surface area contributed by atoms with Crippen molar-refractivity contribution in [3.05, 3.63) is 69.4 Å². The summed E-state index contributed by atoms with van der Waals surface area (Å²) in [5.74, 6) is 2.30. The second-order valence-corrected chi connectivity index (χ2v) is 6.00. The molecule has 0 fully saturated rings. The van der Waals surface area contributed by atoms with Gasteiger partial charge in [0.2, 0.25) is 0 Å². The van der Waals surface area contributed by atoms with Gasteiger partial charge in [-0.05, 0) is 24.3 Å². The number of hydrogen-bond acceptors (Lipinski definition) is 8. The summed E-state index contributed by atoms with van der Waals surface area (Å²) >= 11 is 0. The van der Waals surface area contributed by atoms with Gasteiger partial charge < -0.3 is 27.8 Å². The average Bonchev–Trinajstić information content (AvgIpc) is 2.77. The lowest BCUT2D eigenvalue weighted by Crippen LogP contribution is -1.96. The molecule has 0 spiro atoms. The van der Waals surface area contributed by atoms with Crippen LogP contribution in [0.4, 0.5) is 0 Å². The highest BCUT2D eigenvalue weighted by atomic mass is 16.5. The molecule has 0 saturated carbocycles. The van der Waals surface area contributed by atoms with Crippen molar-refractivity contribution < 1.29 is 27.8 Å². The van der Waals surface area contributed by atoms with Crippen molar-refractivity contribution in [2.75, 3.05) is 28.4 Å². The van der Waals surface area contributed by atoms with Crippen LogP contribution in [0.5, 0.6) is 23.0 Å². The van der Waals surface area contributed by atoms with Crippen LogP contribution in [0.25, 0.3) is 21.9 Å². The lowest BCUT2D eigenvalue weighted by atomic mass is 10.2. The van der Waals surface area contributed by atoms with Gasteiger partial charge in [-0.3, -0.25) is 0 Å². The van der Waals surface area contributed by atoms with E-state index in [0.717, 1.165) is 10.8 Å². The van der Waals surface area contributed by atoms with Crippen LogP contribution < -0.4 is 30.2 Å². The van der Waals surface area contributed by atoms with Gasteiger partial charge in [0, 0.05) is 35.0 Å². The van der Waals surface area contributed by atoms with Crippen LogP contribution in [0.1, 0.15) is 0 Å². The minimum absolute atomic E-state index is 0.380. The van der Waals surface area contributed by atoms with Gasteiger partial charge in [0.05, 0.1) is 28.4 Å². The Kier molecular flexibility index (Phi) is 6.26. The van der Waals surface area contributed by atoms with Crippen LogP contribution in [0.3, 0.4) is 0 Å². The van der Waals surface area contributed by atoms with Crippen LogP contribution in [0.15, 0.2) is 67.0 Å². The molecule has 0 aliphatic heterocycles. The first-order valence-electron chi connectivity index (χ1n) is 8.81. The van der Waals surface area contributed by atoms with Crippen LogP contribution in [0, 0.1) is 0 Å². The van der Waals surface area contributed by atoms with Crippen molar-refractivity contribution in [1.82, 2.24) is 0 Å². The van der Waals surface area contributed by atoms with Gasteiger partial charge in [-0.15, -0.1) is 0 Å². The molecular formula is C22H20O8. The lowest BCUT2D eigenvalue weighted by Gasteiger charge is -2.07. The molecule has 0 atom stereocenters. The third-order valence-electron chi connectivity index (χ3n) is 4.25. The van der Waals surface area contributed by atoms with Crippen molar-refractivity contribution in [3.8, 4) is 23.0 Å². The summed E-state index contributed by atoms with van der Waals surface area (Å²) in [6, 6.07) is 12.9. The molecule has 8 heteroatoms. The van der Waals surface area contributed by atoms with E-state index in [1.807, 2.05) is 0 Å². The maximum Gasteiger partial charge on any atom is 0.336 e.